The second kappa shape index (κ2) is 17.4. The van der Waals surface area contributed by atoms with E-state index in [1.54, 1.807) is 0 Å². The highest BCUT2D eigenvalue weighted by Gasteiger charge is 2.48. The summed E-state index contributed by atoms with van der Waals surface area (Å²) in [6.07, 6.45) is 0. The summed E-state index contributed by atoms with van der Waals surface area (Å²) < 4.78 is 2.40. The lowest BCUT2D eigenvalue weighted by Crippen LogP contribution is -2.29. The summed E-state index contributed by atoms with van der Waals surface area (Å²) in [7, 11) is 0. The van der Waals surface area contributed by atoms with Crippen LogP contribution in [-0.4, -0.2) is 4.57 Å². The molecule has 0 atom stereocenters. The molecule has 15 rings (SSSR count). The number of nitrogens with zero attached hydrogens (tertiary/aromatic N) is 2. The van der Waals surface area contributed by atoms with Crippen molar-refractivity contribution in [3.8, 4) is 39.1 Å². The molecule has 0 radical (unpaired) electrons. The Kier molecular flexibility index (Phi) is 10.0. The standard InChI is InChI=1S/C74H50N2/c1-6-22-53(23-7-1)73(54-24-8-2-9-25-54)67-35-19-16-32-61(67)63-46-43-59(49-69(63)73)75(58-41-38-51(39-42-58)52-40-45-66-65-34-18-21-37-71(65)76(72(66)48-52)57-30-14-5-15-31-57)60-44-47-64-62-33-17-20-36-68(62)74(70(64)50-60,55-26-10-3-11-27-55)56-28-12-4-13-29-56/h1-50H. The third-order valence-electron chi connectivity index (χ3n) is 16.5. The summed E-state index contributed by atoms with van der Waals surface area (Å²) in [5.41, 5.74) is 23.1. The van der Waals surface area contributed by atoms with Gasteiger partial charge in [-0.1, -0.05) is 243 Å². The Balaban J connectivity index is 0.960. The summed E-state index contributed by atoms with van der Waals surface area (Å²) in [5.74, 6) is 0. The third-order valence-corrected chi connectivity index (χ3v) is 16.5. The van der Waals surface area contributed by atoms with Gasteiger partial charge < -0.3 is 9.47 Å². The van der Waals surface area contributed by atoms with E-state index in [0.717, 1.165) is 28.3 Å². The zero-order valence-corrected chi connectivity index (χ0v) is 41.8. The van der Waals surface area contributed by atoms with E-state index >= 15 is 0 Å². The van der Waals surface area contributed by atoms with E-state index in [4.69, 9.17) is 0 Å². The SMILES string of the molecule is c1ccc(-n2c3ccccc3c3ccc(-c4ccc(N(c5ccc6c(c5)C(c5ccccc5)(c5ccccc5)c5ccccc5-6)c5ccc6c(c5)C(c5ccccc5)(c5ccccc5)c5ccccc5-6)cc4)cc32)cc1. The first-order valence-electron chi connectivity index (χ1n) is 26.4. The lowest BCUT2D eigenvalue weighted by molar-refractivity contribution is 0.767. The number of fused-ring (bicyclic) bond motifs is 9. The first kappa shape index (κ1) is 43.8. The van der Waals surface area contributed by atoms with Gasteiger partial charge in [0, 0.05) is 33.5 Å². The Hall–Kier alpha value is -9.76. The molecule has 0 fully saturated rings. The van der Waals surface area contributed by atoms with Crippen LogP contribution < -0.4 is 4.90 Å². The minimum atomic E-state index is -0.559. The molecule has 0 amide bonds. The lowest BCUT2D eigenvalue weighted by atomic mass is 9.67. The van der Waals surface area contributed by atoms with Crippen LogP contribution in [0.15, 0.2) is 303 Å². The highest BCUT2D eigenvalue weighted by Crippen LogP contribution is 2.59. The predicted molar refractivity (Wildman–Crippen MR) is 316 cm³/mol. The monoisotopic (exact) mass is 966 g/mol. The largest absolute Gasteiger partial charge is 0.310 e. The number of hydrogen-bond donors (Lipinski definition) is 0. The Morgan fingerprint density at radius 1 is 0.250 bits per heavy atom. The van der Waals surface area contributed by atoms with Crippen LogP contribution in [0.5, 0.6) is 0 Å². The predicted octanol–water partition coefficient (Wildman–Crippen LogP) is 18.6. The molecule has 0 bridgehead atoms. The van der Waals surface area contributed by atoms with Crippen LogP contribution in [-0.2, 0) is 10.8 Å². The van der Waals surface area contributed by atoms with Gasteiger partial charge in [-0.15, -0.1) is 0 Å². The molecule has 12 aromatic carbocycles. The molecule has 0 aliphatic heterocycles. The highest BCUT2D eigenvalue weighted by atomic mass is 15.1. The number of rotatable bonds is 9. The quantitative estimate of drug-likeness (QED) is 0.140. The van der Waals surface area contributed by atoms with Crippen molar-refractivity contribution < 1.29 is 0 Å². The second-order valence-corrected chi connectivity index (χ2v) is 20.3. The maximum atomic E-state index is 2.49. The zero-order valence-electron chi connectivity index (χ0n) is 41.8. The van der Waals surface area contributed by atoms with E-state index in [-0.39, 0.29) is 0 Å². The van der Waals surface area contributed by atoms with Crippen LogP contribution in [0.3, 0.4) is 0 Å². The summed E-state index contributed by atoms with van der Waals surface area (Å²) in [6, 6.07) is 113. The minimum absolute atomic E-state index is 0.559. The van der Waals surface area contributed by atoms with E-state index in [1.807, 2.05) is 0 Å². The summed E-state index contributed by atoms with van der Waals surface area (Å²) in [6.45, 7) is 0. The van der Waals surface area contributed by atoms with Gasteiger partial charge in [0.2, 0.25) is 0 Å². The second-order valence-electron chi connectivity index (χ2n) is 20.3. The van der Waals surface area contributed by atoms with Crippen molar-refractivity contribution in [1.82, 2.24) is 4.57 Å². The van der Waals surface area contributed by atoms with E-state index in [1.165, 1.54) is 94.1 Å². The molecule has 2 aliphatic carbocycles. The highest BCUT2D eigenvalue weighted by molar-refractivity contribution is 6.10. The molecule has 2 aliphatic rings. The van der Waals surface area contributed by atoms with Crippen molar-refractivity contribution in [2.75, 3.05) is 4.90 Å². The fraction of sp³-hybridized carbons (Fsp3) is 0.0270. The average molecular weight is 967 g/mol. The fourth-order valence-electron chi connectivity index (χ4n) is 13.4. The molecule has 0 saturated carbocycles. The van der Waals surface area contributed by atoms with Gasteiger partial charge in [-0.3, -0.25) is 0 Å². The number of benzene rings is 12. The van der Waals surface area contributed by atoms with Crippen molar-refractivity contribution in [1.29, 1.82) is 0 Å². The van der Waals surface area contributed by atoms with Gasteiger partial charge in [0.1, 0.15) is 0 Å². The first-order valence-corrected chi connectivity index (χ1v) is 26.4. The molecule has 356 valence electrons. The molecule has 0 saturated heterocycles. The van der Waals surface area contributed by atoms with E-state index in [0.29, 0.717) is 0 Å². The van der Waals surface area contributed by atoms with Crippen LogP contribution in [0.25, 0.3) is 60.9 Å². The molecule has 0 N–H and O–H groups in total. The summed E-state index contributed by atoms with van der Waals surface area (Å²) in [4.78, 5) is 2.49. The maximum absolute atomic E-state index is 2.49. The van der Waals surface area contributed by atoms with Crippen LogP contribution in [0, 0.1) is 0 Å². The van der Waals surface area contributed by atoms with Gasteiger partial charge in [-0.25, -0.2) is 0 Å². The zero-order chi connectivity index (χ0) is 50.2. The molecule has 0 unspecified atom stereocenters. The maximum Gasteiger partial charge on any atom is 0.0714 e. The minimum Gasteiger partial charge on any atom is -0.310 e. The molecule has 1 aromatic heterocycles. The fourth-order valence-corrected chi connectivity index (χ4v) is 13.4. The van der Waals surface area contributed by atoms with Crippen molar-refractivity contribution in [2.45, 2.75) is 10.8 Å². The smallest absolute Gasteiger partial charge is 0.0714 e. The van der Waals surface area contributed by atoms with Gasteiger partial charge in [0.15, 0.2) is 0 Å². The molecule has 76 heavy (non-hydrogen) atoms. The van der Waals surface area contributed by atoms with E-state index < -0.39 is 10.8 Å². The van der Waals surface area contributed by atoms with Gasteiger partial charge in [-0.2, -0.15) is 0 Å². The van der Waals surface area contributed by atoms with Crippen LogP contribution >= 0.6 is 0 Å². The number of para-hydroxylation sites is 2. The molecular weight excluding hydrogens is 917 g/mol. The summed E-state index contributed by atoms with van der Waals surface area (Å²) in [5, 5.41) is 2.49. The Bertz CT molecular complexity index is 4050. The van der Waals surface area contributed by atoms with Gasteiger partial charge in [-0.05, 0) is 139 Å². The molecule has 2 heteroatoms. The number of hydrogen-bond acceptors (Lipinski definition) is 1. The molecule has 1 heterocycles. The van der Waals surface area contributed by atoms with Crippen molar-refractivity contribution >= 4 is 38.9 Å². The summed E-state index contributed by atoms with van der Waals surface area (Å²) >= 11 is 0. The molecule has 2 nitrogen and oxygen atoms in total. The Morgan fingerprint density at radius 2 is 0.632 bits per heavy atom. The number of aromatic nitrogens is 1. The molecular formula is C74H50N2. The first-order chi connectivity index (χ1) is 37.7. The van der Waals surface area contributed by atoms with Crippen LogP contribution in [0.1, 0.15) is 44.5 Å². The normalized spacial score (nSPS) is 13.5. The van der Waals surface area contributed by atoms with E-state index in [9.17, 15) is 0 Å². The van der Waals surface area contributed by atoms with E-state index in [2.05, 4.69) is 313 Å². The number of anilines is 3. The average Bonchev–Trinajstić information content (AvgIpc) is 4.30. The van der Waals surface area contributed by atoms with Gasteiger partial charge in [0.05, 0.1) is 21.9 Å². The third kappa shape index (κ3) is 6.41. The Morgan fingerprint density at radius 3 is 1.13 bits per heavy atom. The topological polar surface area (TPSA) is 8.17 Å². The van der Waals surface area contributed by atoms with Crippen molar-refractivity contribution in [2.24, 2.45) is 0 Å². The molecule has 13 aromatic rings. The lowest BCUT2D eigenvalue weighted by Gasteiger charge is -2.36. The van der Waals surface area contributed by atoms with Gasteiger partial charge >= 0.3 is 0 Å². The van der Waals surface area contributed by atoms with Crippen LogP contribution in [0.4, 0.5) is 17.1 Å². The molecule has 0 spiro atoms. The van der Waals surface area contributed by atoms with Crippen molar-refractivity contribution in [3.05, 3.63) is 348 Å². The Labute approximate surface area is 443 Å². The van der Waals surface area contributed by atoms with Crippen LogP contribution in [0.2, 0.25) is 0 Å². The van der Waals surface area contributed by atoms with Gasteiger partial charge in [0.25, 0.3) is 0 Å². The van der Waals surface area contributed by atoms with Crippen molar-refractivity contribution in [3.63, 3.8) is 0 Å².